The van der Waals surface area contributed by atoms with E-state index in [-0.39, 0.29) is 0 Å². The molecule has 1 aliphatic heterocycles. The first-order valence-corrected chi connectivity index (χ1v) is 7.85. The lowest BCUT2D eigenvalue weighted by molar-refractivity contribution is -0.908. The van der Waals surface area contributed by atoms with E-state index in [2.05, 4.69) is 46.3 Å². The third-order valence-corrected chi connectivity index (χ3v) is 4.56. The topological polar surface area (TPSA) is 22.9 Å². The predicted molar refractivity (Wildman–Crippen MR) is 83.5 cm³/mol. The molecule has 106 valence electrons. The average molecular weight is 337 g/mol. The van der Waals surface area contributed by atoms with E-state index in [1.54, 1.807) is 4.90 Å². The van der Waals surface area contributed by atoms with Crippen LogP contribution >= 0.6 is 15.9 Å². The third kappa shape index (κ3) is 3.14. The molecule has 0 radical (unpaired) electrons. The summed E-state index contributed by atoms with van der Waals surface area (Å²) >= 11 is 3.66. The van der Waals surface area contributed by atoms with Gasteiger partial charge in [0, 0.05) is 0 Å². The lowest BCUT2D eigenvalue weighted by atomic mass is 10.1. The van der Waals surface area contributed by atoms with Crippen molar-refractivity contribution < 1.29 is 14.4 Å². The van der Waals surface area contributed by atoms with Crippen LogP contribution in [0.3, 0.4) is 0 Å². The molecule has 1 N–H and O–H groups in total. The summed E-state index contributed by atoms with van der Waals surface area (Å²) in [5, 5.41) is 2.43. The van der Waals surface area contributed by atoms with Crippen LogP contribution in [0, 0.1) is 0 Å². The van der Waals surface area contributed by atoms with Crippen molar-refractivity contribution in [3.63, 3.8) is 0 Å². The molecule has 0 aromatic heterocycles. The Morgan fingerprint density at radius 1 is 1.10 bits per heavy atom. The van der Waals surface area contributed by atoms with Crippen molar-refractivity contribution in [2.45, 2.75) is 0 Å². The zero-order valence-electron chi connectivity index (χ0n) is 11.4. The molecule has 4 heteroatoms. The Morgan fingerprint density at radius 3 is 2.75 bits per heavy atom. The number of morpholine rings is 1. The lowest BCUT2D eigenvalue weighted by Crippen LogP contribution is -3.14. The SMILES string of the molecule is Brc1c(OCC[NH+]2CCOCC2)ccc2ccccc12. The van der Waals surface area contributed by atoms with E-state index in [4.69, 9.17) is 9.47 Å². The zero-order valence-corrected chi connectivity index (χ0v) is 13.0. The summed E-state index contributed by atoms with van der Waals surface area (Å²) in [6, 6.07) is 12.5. The highest BCUT2D eigenvalue weighted by molar-refractivity contribution is 9.10. The zero-order chi connectivity index (χ0) is 13.8. The molecule has 0 aliphatic carbocycles. The first kappa shape index (κ1) is 13.9. The Labute approximate surface area is 127 Å². The summed E-state index contributed by atoms with van der Waals surface area (Å²) in [4.78, 5) is 1.56. The average Bonchev–Trinajstić information content (AvgIpc) is 2.51. The number of hydrogen-bond donors (Lipinski definition) is 1. The van der Waals surface area contributed by atoms with E-state index >= 15 is 0 Å². The smallest absolute Gasteiger partial charge is 0.137 e. The molecule has 1 heterocycles. The summed E-state index contributed by atoms with van der Waals surface area (Å²) in [7, 11) is 0. The summed E-state index contributed by atoms with van der Waals surface area (Å²) < 4.78 is 12.4. The maximum atomic E-state index is 5.94. The van der Waals surface area contributed by atoms with Gasteiger partial charge >= 0.3 is 0 Å². The minimum absolute atomic E-state index is 0.742. The van der Waals surface area contributed by atoms with Gasteiger partial charge in [0.05, 0.1) is 17.7 Å². The van der Waals surface area contributed by atoms with Gasteiger partial charge < -0.3 is 14.4 Å². The number of fused-ring (bicyclic) bond motifs is 1. The van der Waals surface area contributed by atoms with Gasteiger partial charge in [-0.1, -0.05) is 30.3 Å². The van der Waals surface area contributed by atoms with Crippen molar-refractivity contribution in [3.05, 3.63) is 40.9 Å². The standard InChI is InChI=1S/C16H18BrNO2/c17-16-14-4-2-1-3-13(14)5-6-15(16)20-12-9-18-7-10-19-11-8-18/h1-6H,7-12H2/p+1. The molecule has 3 nitrogen and oxygen atoms in total. The van der Waals surface area contributed by atoms with Gasteiger partial charge in [-0.05, 0) is 32.8 Å². The van der Waals surface area contributed by atoms with Crippen molar-refractivity contribution in [2.24, 2.45) is 0 Å². The highest BCUT2D eigenvalue weighted by atomic mass is 79.9. The minimum atomic E-state index is 0.742. The van der Waals surface area contributed by atoms with Crippen LogP contribution in [0.15, 0.2) is 40.9 Å². The molecule has 0 saturated carbocycles. The van der Waals surface area contributed by atoms with Crippen molar-refractivity contribution >= 4 is 26.7 Å². The Kier molecular flexibility index (Phi) is 4.55. The van der Waals surface area contributed by atoms with Crippen LogP contribution in [-0.2, 0) is 4.74 Å². The second kappa shape index (κ2) is 6.57. The molecule has 0 bridgehead atoms. The minimum Gasteiger partial charge on any atom is -0.487 e. The Hall–Kier alpha value is -1.10. The summed E-state index contributed by atoms with van der Waals surface area (Å²) in [5.74, 6) is 0.927. The molecule has 20 heavy (non-hydrogen) atoms. The van der Waals surface area contributed by atoms with E-state index in [1.807, 2.05) is 6.07 Å². The number of ether oxygens (including phenoxy) is 2. The van der Waals surface area contributed by atoms with Crippen molar-refractivity contribution in [1.29, 1.82) is 0 Å². The van der Waals surface area contributed by atoms with E-state index in [0.29, 0.717) is 0 Å². The fourth-order valence-electron chi connectivity index (χ4n) is 2.54. The highest BCUT2D eigenvalue weighted by Crippen LogP contribution is 2.32. The highest BCUT2D eigenvalue weighted by Gasteiger charge is 2.14. The van der Waals surface area contributed by atoms with Crippen LogP contribution in [-0.4, -0.2) is 39.5 Å². The van der Waals surface area contributed by atoms with Gasteiger partial charge in [-0.3, -0.25) is 0 Å². The number of benzene rings is 2. The fourth-order valence-corrected chi connectivity index (χ4v) is 3.15. The van der Waals surface area contributed by atoms with Crippen LogP contribution in [0.25, 0.3) is 10.8 Å². The maximum absolute atomic E-state index is 5.94. The van der Waals surface area contributed by atoms with E-state index in [0.717, 1.165) is 49.7 Å². The number of nitrogens with one attached hydrogen (secondary N) is 1. The van der Waals surface area contributed by atoms with E-state index < -0.39 is 0 Å². The fraction of sp³-hybridized carbons (Fsp3) is 0.375. The molecule has 0 unspecified atom stereocenters. The summed E-state index contributed by atoms with van der Waals surface area (Å²) in [6.45, 7) is 5.68. The second-order valence-corrected chi connectivity index (χ2v) is 5.85. The molecule has 1 saturated heterocycles. The van der Waals surface area contributed by atoms with Crippen LogP contribution < -0.4 is 9.64 Å². The third-order valence-electron chi connectivity index (χ3n) is 3.74. The van der Waals surface area contributed by atoms with Gasteiger partial charge in [0.25, 0.3) is 0 Å². The second-order valence-electron chi connectivity index (χ2n) is 5.06. The Bertz CT molecular complexity index is 582. The van der Waals surface area contributed by atoms with Crippen LogP contribution in [0.2, 0.25) is 0 Å². The number of halogens is 1. The van der Waals surface area contributed by atoms with Gasteiger partial charge in [0.2, 0.25) is 0 Å². The Morgan fingerprint density at radius 2 is 1.90 bits per heavy atom. The number of rotatable bonds is 4. The van der Waals surface area contributed by atoms with Crippen LogP contribution in [0.5, 0.6) is 5.75 Å². The lowest BCUT2D eigenvalue weighted by Gasteiger charge is -2.23. The molecule has 0 spiro atoms. The molecular weight excluding hydrogens is 318 g/mol. The Balaban J connectivity index is 1.63. The summed E-state index contributed by atoms with van der Waals surface area (Å²) in [5.41, 5.74) is 0. The predicted octanol–water partition coefficient (Wildman–Crippen LogP) is 1.90. The quantitative estimate of drug-likeness (QED) is 0.921. The largest absolute Gasteiger partial charge is 0.487 e. The number of quaternary nitrogens is 1. The molecule has 0 atom stereocenters. The van der Waals surface area contributed by atoms with Crippen molar-refractivity contribution in [2.75, 3.05) is 39.5 Å². The molecule has 1 fully saturated rings. The van der Waals surface area contributed by atoms with Gasteiger partial charge in [0.1, 0.15) is 32.0 Å². The molecule has 3 rings (SSSR count). The monoisotopic (exact) mass is 336 g/mol. The molecule has 0 amide bonds. The van der Waals surface area contributed by atoms with Crippen LogP contribution in [0.1, 0.15) is 0 Å². The van der Waals surface area contributed by atoms with Gasteiger partial charge in [-0.25, -0.2) is 0 Å². The van der Waals surface area contributed by atoms with Crippen molar-refractivity contribution in [1.82, 2.24) is 0 Å². The maximum Gasteiger partial charge on any atom is 0.137 e. The normalized spacial score (nSPS) is 16.4. The molecular formula is C16H19BrNO2+. The first-order valence-electron chi connectivity index (χ1n) is 7.06. The van der Waals surface area contributed by atoms with Gasteiger partial charge in [-0.15, -0.1) is 0 Å². The van der Waals surface area contributed by atoms with Crippen molar-refractivity contribution in [3.8, 4) is 5.75 Å². The van der Waals surface area contributed by atoms with E-state index in [1.165, 1.54) is 10.8 Å². The van der Waals surface area contributed by atoms with E-state index in [9.17, 15) is 0 Å². The summed E-state index contributed by atoms with van der Waals surface area (Å²) in [6.07, 6.45) is 0. The first-order chi connectivity index (χ1) is 9.84. The molecule has 1 aliphatic rings. The van der Waals surface area contributed by atoms with Gasteiger partial charge in [0.15, 0.2) is 0 Å². The molecule has 2 aromatic carbocycles. The number of hydrogen-bond acceptors (Lipinski definition) is 2. The molecule has 2 aromatic rings. The van der Waals surface area contributed by atoms with Crippen LogP contribution in [0.4, 0.5) is 0 Å². The van der Waals surface area contributed by atoms with Gasteiger partial charge in [-0.2, -0.15) is 0 Å².